The predicted octanol–water partition coefficient (Wildman–Crippen LogP) is -0.213. The largest absolute Gasteiger partial charge is 0.385 e. The second-order valence-corrected chi connectivity index (χ2v) is 4.94. The summed E-state index contributed by atoms with van der Waals surface area (Å²) in [7, 11) is -1.29. The summed E-state index contributed by atoms with van der Waals surface area (Å²) in [6, 6.07) is 0. The van der Waals surface area contributed by atoms with E-state index in [4.69, 9.17) is 10.5 Å². The standard InChI is InChI=1S/C7H17NO3S/c1-11-5-2-3-6-12(9,10)7-4-8/h2-8H2,1H3. The van der Waals surface area contributed by atoms with Gasteiger partial charge >= 0.3 is 0 Å². The molecule has 0 aliphatic heterocycles. The Bertz CT molecular complexity index is 189. The van der Waals surface area contributed by atoms with Gasteiger partial charge in [0.25, 0.3) is 0 Å². The molecule has 4 nitrogen and oxygen atoms in total. The topological polar surface area (TPSA) is 69.4 Å². The van der Waals surface area contributed by atoms with Crippen LogP contribution >= 0.6 is 0 Å². The van der Waals surface area contributed by atoms with E-state index < -0.39 is 9.84 Å². The lowest BCUT2D eigenvalue weighted by atomic mass is 10.4. The molecule has 0 aromatic heterocycles. The summed E-state index contributed by atoms with van der Waals surface area (Å²) >= 11 is 0. The van der Waals surface area contributed by atoms with Crippen molar-refractivity contribution in [2.75, 3.05) is 31.8 Å². The highest BCUT2D eigenvalue weighted by molar-refractivity contribution is 7.91. The van der Waals surface area contributed by atoms with E-state index in [1.165, 1.54) is 0 Å². The molecule has 0 aliphatic carbocycles. The molecule has 0 aliphatic rings. The molecule has 0 aromatic carbocycles. The normalized spacial score (nSPS) is 11.8. The molecule has 0 fully saturated rings. The third kappa shape index (κ3) is 6.57. The fourth-order valence-corrected chi connectivity index (χ4v) is 2.06. The lowest BCUT2D eigenvalue weighted by Crippen LogP contribution is -2.18. The van der Waals surface area contributed by atoms with Gasteiger partial charge in [0.15, 0.2) is 9.84 Å². The molecular formula is C7H17NO3S. The van der Waals surface area contributed by atoms with Gasteiger partial charge in [0.2, 0.25) is 0 Å². The monoisotopic (exact) mass is 195 g/mol. The van der Waals surface area contributed by atoms with Crippen LogP contribution in [0.3, 0.4) is 0 Å². The molecule has 0 saturated carbocycles. The minimum Gasteiger partial charge on any atom is -0.385 e. The Labute approximate surface area is 74.0 Å². The fourth-order valence-electron chi connectivity index (χ4n) is 0.850. The first kappa shape index (κ1) is 11.9. The molecule has 74 valence electrons. The molecule has 0 unspecified atom stereocenters. The Kier molecular flexibility index (Phi) is 6.32. The van der Waals surface area contributed by atoms with Crippen molar-refractivity contribution >= 4 is 9.84 Å². The highest BCUT2D eigenvalue weighted by Gasteiger charge is 2.07. The minimum atomic E-state index is -2.89. The predicted molar refractivity (Wildman–Crippen MR) is 48.8 cm³/mol. The van der Waals surface area contributed by atoms with Crippen LogP contribution in [0.15, 0.2) is 0 Å². The number of ether oxygens (including phenoxy) is 1. The second-order valence-electron chi connectivity index (χ2n) is 2.64. The number of rotatable bonds is 7. The van der Waals surface area contributed by atoms with Gasteiger partial charge in [0.1, 0.15) is 0 Å². The number of methoxy groups -OCH3 is 1. The van der Waals surface area contributed by atoms with Crippen molar-refractivity contribution in [3.05, 3.63) is 0 Å². The van der Waals surface area contributed by atoms with Crippen LogP contribution in [-0.4, -0.2) is 40.2 Å². The highest BCUT2D eigenvalue weighted by Crippen LogP contribution is 1.96. The van der Waals surface area contributed by atoms with Gasteiger partial charge in [0.05, 0.1) is 11.5 Å². The number of hydrogen-bond acceptors (Lipinski definition) is 4. The summed E-state index contributed by atoms with van der Waals surface area (Å²) in [5.74, 6) is 0.327. The van der Waals surface area contributed by atoms with Gasteiger partial charge in [-0.15, -0.1) is 0 Å². The van der Waals surface area contributed by atoms with E-state index in [9.17, 15) is 8.42 Å². The van der Waals surface area contributed by atoms with Crippen molar-refractivity contribution in [3.8, 4) is 0 Å². The fraction of sp³-hybridized carbons (Fsp3) is 1.00. The van der Waals surface area contributed by atoms with Crippen LogP contribution in [0.2, 0.25) is 0 Å². The van der Waals surface area contributed by atoms with Gasteiger partial charge < -0.3 is 10.5 Å². The van der Waals surface area contributed by atoms with E-state index in [-0.39, 0.29) is 18.1 Å². The van der Waals surface area contributed by atoms with Crippen LogP contribution in [0.5, 0.6) is 0 Å². The molecule has 0 amide bonds. The molecule has 0 heterocycles. The Morgan fingerprint density at radius 2 is 1.92 bits per heavy atom. The lowest BCUT2D eigenvalue weighted by Gasteiger charge is -2.01. The summed E-state index contributed by atoms with van der Waals surface area (Å²) in [5, 5.41) is 0. The average Bonchev–Trinajstić information content (AvgIpc) is 1.98. The molecule has 0 saturated heterocycles. The maximum absolute atomic E-state index is 11.1. The van der Waals surface area contributed by atoms with E-state index in [0.717, 1.165) is 6.42 Å². The summed E-state index contributed by atoms with van der Waals surface area (Å²) in [6.45, 7) is 0.838. The van der Waals surface area contributed by atoms with Gasteiger partial charge in [-0.25, -0.2) is 8.42 Å². The van der Waals surface area contributed by atoms with Crippen LogP contribution < -0.4 is 5.73 Å². The SMILES string of the molecule is COCCCCS(=O)(=O)CCN. The zero-order valence-corrected chi connectivity index (χ0v) is 8.27. The first-order valence-corrected chi connectivity index (χ1v) is 5.84. The van der Waals surface area contributed by atoms with Crippen LogP contribution in [0, 0.1) is 0 Å². The zero-order chi connectivity index (χ0) is 9.45. The Morgan fingerprint density at radius 1 is 1.25 bits per heavy atom. The number of sulfone groups is 1. The van der Waals surface area contributed by atoms with Gasteiger partial charge in [0, 0.05) is 20.3 Å². The molecule has 0 spiro atoms. The molecule has 0 bridgehead atoms. The Hall–Kier alpha value is -0.130. The van der Waals surface area contributed by atoms with Crippen molar-refractivity contribution in [1.82, 2.24) is 0 Å². The van der Waals surface area contributed by atoms with Gasteiger partial charge in [-0.3, -0.25) is 0 Å². The van der Waals surface area contributed by atoms with Gasteiger partial charge in [-0.05, 0) is 12.8 Å². The Balaban J connectivity index is 3.48. The van der Waals surface area contributed by atoms with E-state index in [0.29, 0.717) is 13.0 Å². The second kappa shape index (κ2) is 6.39. The number of unbranched alkanes of at least 4 members (excludes halogenated alkanes) is 1. The van der Waals surface area contributed by atoms with Gasteiger partial charge in [-0.2, -0.15) is 0 Å². The molecule has 5 heteroatoms. The maximum atomic E-state index is 11.1. The summed E-state index contributed by atoms with van der Waals surface area (Å²) in [5.41, 5.74) is 5.14. The first-order chi connectivity index (χ1) is 5.62. The van der Waals surface area contributed by atoms with Gasteiger partial charge in [-0.1, -0.05) is 0 Å². The molecule has 0 rings (SSSR count). The molecule has 2 N–H and O–H groups in total. The van der Waals surface area contributed by atoms with E-state index in [2.05, 4.69) is 0 Å². The van der Waals surface area contributed by atoms with Crippen LogP contribution in [0.4, 0.5) is 0 Å². The van der Waals surface area contributed by atoms with Crippen molar-refractivity contribution in [3.63, 3.8) is 0 Å². The summed E-state index contributed by atoms with van der Waals surface area (Å²) < 4.78 is 26.9. The molecule has 0 atom stereocenters. The number of nitrogens with two attached hydrogens (primary N) is 1. The summed E-state index contributed by atoms with van der Waals surface area (Å²) in [6.07, 6.45) is 1.45. The Morgan fingerprint density at radius 3 is 2.42 bits per heavy atom. The molecular weight excluding hydrogens is 178 g/mol. The minimum absolute atomic E-state index is 0.0972. The van der Waals surface area contributed by atoms with E-state index in [1.54, 1.807) is 7.11 Å². The quantitative estimate of drug-likeness (QED) is 0.570. The van der Waals surface area contributed by atoms with Crippen LogP contribution in [0.25, 0.3) is 0 Å². The smallest absolute Gasteiger partial charge is 0.151 e. The van der Waals surface area contributed by atoms with Crippen LogP contribution in [-0.2, 0) is 14.6 Å². The number of hydrogen-bond donors (Lipinski definition) is 1. The summed E-state index contributed by atoms with van der Waals surface area (Å²) in [4.78, 5) is 0. The average molecular weight is 195 g/mol. The van der Waals surface area contributed by atoms with E-state index >= 15 is 0 Å². The van der Waals surface area contributed by atoms with Crippen LogP contribution in [0.1, 0.15) is 12.8 Å². The van der Waals surface area contributed by atoms with Crippen molar-refractivity contribution in [2.24, 2.45) is 5.73 Å². The maximum Gasteiger partial charge on any atom is 0.151 e. The lowest BCUT2D eigenvalue weighted by molar-refractivity contribution is 0.194. The zero-order valence-electron chi connectivity index (χ0n) is 7.45. The van der Waals surface area contributed by atoms with Crippen molar-refractivity contribution in [2.45, 2.75) is 12.8 Å². The molecule has 0 aromatic rings. The van der Waals surface area contributed by atoms with E-state index in [1.807, 2.05) is 0 Å². The molecule has 0 radical (unpaired) electrons. The molecule has 12 heavy (non-hydrogen) atoms. The van der Waals surface area contributed by atoms with Crippen molar-refractivity contribution < 1.29 is 13.2 Å². The highest BCUT2D eigenvalue weighted by atomic mass is 32.2. The third-order valence-corrected chi connectivity index (χ3v) is 3.25. The third-order valence-electron chi connectivity index (χ3n) is 1.48. The first-order valence-electron chi connectivity index (χ1n) is 4.02. The van der Waals surface area contributed by atoms with Crippen molar-refractivity contribution in [1.29, 1.82) is 0 Å².